The van der Waals surface area contributed by atoms with Crippen molar-refractivity contribution >= 4 is 35.4 Å². The van der Waals surface area contributed by atoms with E-state index in [4.69, 9.17) is 9.47 Å². The predicted molar refractivity (Wildman–Crippen MR) is 120 cm³/mol. The van der Waals surface area contributed by atoms with Gasteiger partial charge in [0, 0.05) is 13.1 Å². The van der Waals surface area contributed by atoms with Gasteiger partial charge in [-0.25, -0.2) is 4.79 Å². The number of hydrogen-bond donors (Lipinski definition) is 0. The maximum atomic E-state index is 13.1. The van der Waals surface area contributed by atoms with Crippen LogP contribution in [0.4, 0.5) is 0 Å². The fourth-order valence-corrected chi connectivity index (χ4v) is 4.28. The molecule has 0 atom stereocenters. The highest BCUT2D eigenvalue weighted by Gasteiger charge is 2.19. The second-order valence-corrected chi connectivity index (χ2v) is 8.61. The molecule has 0 bridgehead atoms. The molecule has 1 fully saturated rings. The standard InChI is InChI=1S/C23H28N2O5S/c1-4-30-22(27)14-21-25(15-20(26)24-9-11-29-12-10-24)23(28)19(31-21)13-17-5-7-18(8-6-17)16(2)3/h5-8,13-14,16H,4,9-12,15H2,1-3H3. The van der Waals surface area contributed by atoms with E-state index in [-0.39, 0.29) is 24.6 Å². The Labute approximate surface area is 185 Å². The molecule has 7 nitrogen and oxygen atoms in total. The minimum absolute atomic E-state index is 0.124. The summed E-state index contributed by atoms with van der Waals surface area (Å²) in [6.07, 6.45) is 3.07. The van der Waals surface area contributed by atoms with Crippen LogP contribution in [0.5, 0.6) is 0 Å². The highest BCUT2D eigenvalue weighted by Crippen LogP contribution is 2.14. The second-order valence-electron chi connectivity index (χ2n) is 7.55. The maximum Gasteiger partial charge on any atom is 0.333 e. The lowest BCUT2D eigenvalue weighted by atomic mass is 10.0. The van der Waals surface area contributed by atoms with Crippen molar-refractivity contribution < 1.29 is 19.1 Å². The molecule has 1 aromatic carbocycles. The normalized spacial score (nSPS) is 15.5. The molecule has 2 heterocycles. The Hall–Kier alpha value is -2.71. The average molecular weight is 445 g/mol. The van der Waals surface area contributed by atoms with Crippen molar-refractivity contribution in [3.63, 3.8) is 0 Å². The Bertz CT molecular complexity index is 1090. The molecule has 8 heteroatoms. The van der Waals surface area contributed by atoms with Crippen molar-refractivity contribution in [2.75, 3.05) is 32.9 Å². The van der Waals surface area contributed by atoms with E-state index in [0.717, 1.165) is 5.56 Å². The van der Waals surface area contributed by atoms with Crippen LogP contribution < -0.4 is 14.8 Å². The number of ether oxygens (including phenoxy) is 2. The smallest absolute Gasteiger partial charge is 0.333 e. The van der Waals surface area contributed by atoms with Gasteiger partial charge in [0.2, 0.25) is 5.91 Å². The third-order valence-corrected chi connectivity index (χ3v) is 6.08. The molecular formula is C23H28N2O5S. The Morgan fingerprint density at radius 3 is 2.48 bits per heavy atom. The van der Waals surface area contributed by atoms with Gasteiger partial charge in [-0.05, 0) is 30.0 Å². The number of esters is 1. The molecule has 1 aliphatic heterocycles. The number of carbonyl (C=O) groups excluding carboxylic acids is 2. The van der Waals surface area contributed by atoms with Gasteiger partial charge < -0.3 is 14.4 Å². The van der Waals surface area contributed by atoms with Crippen LogP contribution in [0.25, 0.3) is 12.2 Å². The molecule has 0 radical (unpaired) electrons. The number of carbonyl (C=O) groups is 2. The zero-order valence-corrected chi connectivity index (χ0v) is 18.9. The number of rotatable bonds is 6. The van der Waals surface area contributed by atoms with Crippen LogP contribution >= 0.6 is 11.3 Å². The molecule has 3 rings (SSSR count). The largest absolute Gasteiger partial charge is 0.463 e. The van der Waals surface area contributed by atoms with Crippen LogP contribution in [-0.2, 0) is 25.6 Å². The summed E-state index contributed by atoms with van der Waals surface area (Å²) in [7, 11) is 0. The fourth-order valence-electron chi connectivity index (χ4n) is 3.25. The van der Waals surface area contributed by atoms with E-state index in [2.05, 4.69) is 13.8 Å². The van der Waals surface area contributed by atoms with Gasteiger partial charge in [-0.1, -0.05) is 38.1 Å². The van der Waals surface area contributed by atoms with Crippen LogP contribution in [0, 0.1) is 0 Å². The quantitative estimate of drug-likeness (QED) is 0.623. The minimum atomic E-state index is -0.538. The number of benzene rings is 1. The summed E-state index contributed by atoms with van der Waals surface area (Å²) in [6.45, 7) is 8.04. The summed E-state index contributed by atoms with van der Waals surface area (Å²) < 4.78 is 12.5. The van der Waals surface area contributed by atoms with Crippen LogP contribution in [0.2, 0.25) is 0 Å². The van der Waals surface area contributed by atoms with Crippen LogP contribution in [0.3, 0.4) is 0 Å². The molecule has 0 aliphatic carbocycles. The summed E-state index contributed by atoms with van der Waals surface area (Å²) in [6, 6.07) is 8.01. The number of morpholine rings is 1. The van der Waals surface area contributed by atoms with Crippen molar-refractivity contribution in [3.8, 4) is 0 Å². The molecule has 0 saturated carbocycles. The molecule has 31 heavy (non-hydrogen) atoms. The van der Waals surface area contributed by atoms with Crippen molar-refractivity contribution in [1.82, 2.24) is 9.47 Å². The topological polar surface area (TPSA) is 77.8 Å². The molecule has 2 aromatic rings. The Kier molecular flexibility index (Phi) is 7.81. The average Bonchev–Trinajstić information content (AvgIpc) is 3.03. The minimum Gasteiger partial charge on any atom is -0.463 e. The van der Waals surface area contributed by atoms with E-state index in [9.17, 15) is 14.4 Å². The molecule has 1 aliphatic rings. The number of aromatic nitrogens is 1. The van der Waals surface area contributed by atoms with Crippen LogP contribution in [-0.4, -0.2) is 54.3 Å². The molecule has 1 amide bonds. The molecule has 0 spiro atoms. The highest BCUT2D eigenvalue weighted by atomic mass is 32.1. The van der Waals surface area contributed by atoms with Gasteiger partial charge in [-0.15, -0.1) is 11.3 Å². The van der Waals surface area contributed by atoms with Gasteiger partial charge in [-0.3, -0.25) is 14.2 Å². The Balaban J connectivity index is 2.00. The first kappa shape index (κ1) is 23.0. The summed E-state index contributed by atoms with van der Waals surface area (Å²) in [5, 5.41) is 0. The van der Waals surface area contributed by atoms with Crippen LogP contribution in [0.15, 0.2) is 29.1 Å². The predicted octanol–water partition coefficient (Wildman–Crippen LogP) is 1.06. The SMILES string of the molecule is CCOC(=O)C=c1sc(=Cc2ccc(C(C)C)cc2)c(=O)n1CC(=O)N1CCOCC1. The first-order valence-electron chi connectivity index (χ1n) is 10.4. The molecule has 1 aromatic heterocycles. The number of thiazole rings is 1. The lowest BCUT2D eigenvalue weighted by Crippen LogP contribution is -2.45. The third-order valence-electron chi connectivity index (χ3n) is 5.02. The first-order chi connectivity index (χ1) is 14.9. The van der Waals surface area contributed by atoms with Gasteiger partial charge >= 0.3 is 5.97 Å². The Morgan fingerprint density at radius 2 is 1.87 bits per heavy atom. The Morgan fingerprint density at radius 1 is 1.19 bits per heavy atom. The maximum absolute atomic E-state index is 13.1. The number of nitrogens with zero attached hydrogens (tertiary/aromatic N) is 2. The van der Waals surface area contributed by atoms with E-state index >= 15 is 0 Å². The summed E-state index contributed by atoms with van der Waals surface area (Å²) in [4.78, 5) is 39.5. The van der Waals surface area contributed by atoms with Crippen LogP contribution in [0.1, 0.15) is 37.8 Å². The molecule has 166 valence electrons. The molecular weight excluding hydrogens is 416 g/mol. The van der Waals surface area contributed by atoms with E-state index in [1.807, 2.05) is 24.3 Å². The zero-order valence-electron chi connectivity index (χ0n) is 18.1. The fraction of sp³-hybridized carbons (Fsp3) is 0.435. The number of hydrogen-bond acceptors (Lipinski definition) is 6. The monoisotopic (exact) mass is 444 g/mol. The zero-order chi connectivity index (χ0) is 22.4. The summed E-state index contributed by atoms with van der Waals surface area (Å²) in [5.41, 5.74) is 1.81. The lowest BCUT2D eigenvalue weighted by Gasteiger charge is -2.26. The van der Waals surface area contributed by atoms with E-state index in [0.29, 0.717) is 41.4 Å². The summed E-state index contributed by atoms with van der Waals surface area (Å²) in [5.74, 6) is -0.288. The molecule has 0 N–H and O–H groups in total. The molecule has 0 unspecified atom stereocenters. The van der Waals surface area contributed by atoms with Gasteiger partial charge in [0.1, 0.15) is 11.2 Å². The third kappa shape index (κ3) is 5.92. The van der Waals surface area contributed by atoms with Gasteiger partial charge in [0.25, 0.3) is 5.56 Å². The van der Waals surface area contributed by atoms with E-state index in [1.165, 1.54) is 27.5 Å². The number of amides is 1. The van der Waals surface area contributed by atoms with Crippen molar-refractivity contribution in [3.05, 3.63) is 54.9 Å². The van der Waals surface area contributed by atoms with E-state index < -0.39 is 5.97 Å². The molecule has 1 saturated heterocycles. The summed E-state index contributed by atoms with van der Waals surface area (Å²) >= 11 is 1.18. The van der Waals surface area contributed by atoms with Gasteiger partial charge in [0.15, 0.2) is 0 Å². The van der Waals surface area contributed by atoms with Crippen molar-refractivity contribution in [2.24, 2.45) is 0 Å². The van der Waals surface area contributed by atoms with Crippen molar-refractivity contribution in [1.29, 1.82) is 0 Å². The van der Waals surface area contributed by atoms with E-state index in [1.54, 1.807) is 17.9 Å². The highest BCUT2D eigenvalue weighted by molar-refractivity contribution is 7.07. The lowest BCUT2D eigenvalue weighted by molar-refractivity contribution is -0.136. The van der Waals surface area contributed by atoms with Gasteiger partial charge in [-0.2, -0.15) is 0 Å². The first-order valence-corrected chi connectivity index (χ1v) is 11.3. The second kappa shape index (κ2) is 10.5. The van der Waals surface area contributed by atoms with Crippen molar-refractivity contribution in [2.45, 2.75) is 33.2 Å². The van der Waals surface area contributed by atoms with Gasteiger partial charge in [0.05, 0.1) is 30.4 Å².